The molecule has 0 aliphatic rings. The normalized spacial score (nSPS) is 10.5. The van der Waals surface area contributed by atoms with Crippen molar-refractivity contribution in [2.75, 3.05) is 5.73 Å². The van der Waals surface area contributed by atoms with Crippen molar-refractivity contribution in [1.82, 2.24) is 15.0 Å². The molecule has 4 nitrogen and oxygen atoms in total. The van der Waals surface area contributed by atoms with E-state index < -0.39 is 0 Å². The highest BCUT2D eigenvalue weighted by molar-refractivity contribution is 9.10. The summed E-state index contributed by atoms with van der Waals surface area (Å²) < 4.78 is 1.04. The summed E-state index contributed by atoms with van der Waals surface area (Å²) >= 11 is 3.43. The van der Waals surface area contributed by atoms with E-state index in [9.17, 15) is 0 Å². The van der Waals surface area contributed by atoms with Crippen LogP contribution in [0, 0.1) is 6.92 Å². The van der Waals surface area contributed by atoms with Gasteiger partial charge < -0.3 is 5.73 Å². The fraction of sp³-hybridized carbons (Fsp3) is 0.250. The van der Waals surface area contributed by atoms with Gasteiger partial charge in [-0.1, -0.05) is 22.9 Å². The molecule has 0 fully saturated rings. The average molecular weight is 293 g/mol. The molecule has 5 heteroatoms. The molecule has 1 heterocycles. The van der Waals surface area contributed by atoms with E-state index in [2.05, 4.69) is 30.9 Å². The number of hydrogen-bond acceptors (Lipinski definition) is 4. The summed E-state index contributed by atoms with van der Waals surface area (Å²) in [5.41, 5.74) is 7.77. The standard InChI is InChI=1S/C12H13BrN4/c1-3-10-15-11(17-12(14)16-10)9-5-4-8(13)6-7(9)2/h4-6H,3H2,1-2H3,(H2,14,15,16,17). The van der Waals surface area contributed by atoms with Crippen LogP contribution >= 0.6 is 15.9 Å². The van der Waals surface area contributed by atoms with Gasteiger partial charge in [-0.25, -0.2) is 4.98 Å². The first kappa shape index (κ1) is 12.0. The molecule has 0 saturated heterocycles. The molecule has 0 amide bonds. The Labute approximate surface area is 108 Å². The maximum Gasteiger partial charge on any atom is 0.223 e. The summed E-state index contributed by atoms with van der Waals surface area (Å²) in [5, 5.41) is 0. The molecule has 1 aromatic heterocycles. The largest absolute Gasteiger partial charge is 0.368 e. The summed E-state index contributed by atoms with van der Waals surface area (Å²) in [5.74, 6) is 1.63. The minimum atomic E-state index is 0.272. The first-order valence-electron chi connectivity index (χ1n) is 5.37. The van der Waals surface area contributed by atoms with E-state index in [0.29, 0.717) is 5.82 Å². The van der Waals surface area contributed by atoms with Crippen molar-refractivity contribution in [2.45, 2.75) is 20.3 Å². The number of aryl methyl sites for hydroxylation is 2. The van der Waals surface area contributed by atoms with Gasteiger partial charge in [-0.3, -0.25) is 0 Å². The Morgan fingerprint density at radius 1 is 1.24 bits per heavy atom. The van der Waals surface area contributed by atoms with Gasteiger partial charge in [0.15, 0.2) is 5.82 Å². The topological polar surface area (TPSA) is 64.7 Å². The zero-order valence-corrected chi connectivity index (χ0v) is 11.3. The van der Waals surface area contributed by atoms with E-state index in [4.69, 9.17) is 5.73 Å². The maximum absolute atomic E-state index is 5.68. The summed E-state index contributed by atoms with van der Waals surface area (Å²) in [6, 6.07) is 5.97. The minimum Gasteiger partial charge on any atom is -0.368 e. The molecule has 0 aliphatic carbocycles. The molecule has 0 saturated carbocycles. The summed E-state index contributed by atoms with van der Waals surface area (Å²) in [7, 11) is 0. The van der Waals surface area contributed by atoms with Gasteiger partial charge in [-0.2, -0.15) is 9.97 Å². The Bertz CT molecular complexity index is 554. The lowest BCUT2D eigenvalue weighted by Crippen LogP contribution is -2.04. The van der Waals surface area contributed by atoms with E-state index in [-0.39, 0.29) is 5.95 Å². The van der Waals surface area contributed by atoms with E-state index in [1.807, 2.05) is 32.0 Å². The van der Waals surface area contributed by atoms with Crippen LogP contribution in [0.3, 0.4) is 0 Å². The van der Waals surface area contributed by atoms with Crippen LogP contribution in [0.15, 0.2) is 22.7 Å². The van der Waals surface area contributed by atoms with Crippen molar-refractivity contribution in [3.63, 3.8) is 0 Å². The number of rotatable bonds is 2. The second-order valence-corrected chi connectivity index (χ2v) is 4.66. The molecule has 2 N–H and O–H groups in total. The van der Waals surface area contributed by atoms with Gasteiger partial charge in [-0.15, -0.1) is 0 Å². The first-order valence-corrected chi connectivity index (χ1v) is 6.16. The quantitative estimate of drug-likeness (QED) is 0.924. The fourth-order valence-electron chi connectivity index (χ4n) is 1.59. The van der Waals surface area contributed by atoms with Crippen molar-refractivity contribution in [3.8, 4) is 11.4 Å². The molecule has 0 unspecified atom stereocenters. The lowest BCUT2D eigenvalue weighted by atomic mass is 10.1. The van der Waals surface area contributed by atoms with E-state index in [1.54, 1.807) is 0 Å². The third kappa shape index (κ3) is 2.61. The van der Waals surface area contributed by atoms with Crippen LogP contribution in [-0.2, 0) is 6.42 Å². The second kappa shape index (κ2) is 4.79. The van der Waals surface area contributed by atoms with Gasteiger partial charge in [0, 0.05) is 16.5 Å². The number of halogens is 1. The molecule has 0 spiro atoms. The van der Waals surface area contributed by atoms with Crippen molar-refractivity contribution >= 4 is 21.9 Å². The van der Waals surface area contributed by atoms with Crippen LogP contribution in [0.25, 0.3) is 11.4 Å². The lowest BCUT2D eigenvalue weighted by Gasteiger charge is -2.06. The van der Waals surface area contributed by atoms with Gasteiger partial charge in [-0.05, 0) is 30.7 Å². The maximum atomic E-state index is 5.68. The van der Waals surface area contributed by atoms with Crippen molar-refractivity contribution in [1.29, 1.82) is 0 Å². The monoisotopic (exact) mass is 292 g/mol. The smallest absolute Gasteiger partial charge is 0.223 e. The highest BCUT2D eigenvalue weighted by Gasteiger charge is 2.08. The Hall–Kier alpha value is -1.49. The van der Waals surface area contributed by atoms with Crippen LogP contribution in [0.4, 0.5) is 5.95 Å². The highest BCUT2D eigenvalue weighted by atomic mass is 79.9. The summed E-state index contributed by atoms with van der Waals surface area (Å²) in [6.45, 7) is 4.01. The third-order valence-corrected chi connectivity index (χ3v) is 2.94. The van der Waals surface area contributed by atoms with Crippen LogP contribution in [-0.4, -0.2) is 15.0 Å². The fourth-order valence-corrected chi connectivity index (χ4v) is 2.07. The SMILES string of the molecule is CCc1nc(N)nc(-c2ccc(Br)cc2C)n1. The van der Waals surface area contributed by atoms with Crippen LogP contribution in [0.2, 0.25) is 0 Å². The average Bonchev–Trinajstić information content (AvgIpc) is 2.28. The number of nitrogens with two attached hydrogens (primary N) is 1. The van der Waals surface area contributed by atoms with E-state index in [0.717, 1.165) is 27.8 Å². The molecular weight excluding hydrogens is 280 g/mol. The van der Waals surface area contributed by atoms with E-state index in [1.165, 1.54) is 0 Å². The van der Waals surface area contributed by atoms with Crippen LogP contribution in [0.1, 0.15) is 18.3 Å². The third-order valence-electron chi connectivity index (χ3n) is 2.44. The predicted molar refractivity (Wildman–Crippen MR) is 71.5 cm³/mol. The van der Waals surface area contributed by atoms with Gasteiger partial charge in [0.05, 0.1) is 0 Å². The molecule has 2 aromatic rings. The Kier molecular flexibility index (Phi) is 3.38. The number of anilines is 1. The molecule has 0 radical (unpaired) electrons. The molecule has 0 bridgehead atoms. The van der Waals surface area contributed by atoms with Crippen molar-refractivity contribution in [3.05, 3.63) is 34.1 Å². The zero-order valence-electron chi connectivity index (χ0n) is 9.74. The number of nitrogens with zero attached hydrogens (tertiary/aromatic N) is 3. The summed E-state index contributed by atoms with van der Waals surface area (Å²) in [6.07, 6.45) is 0.745. The van der Waals surface area contributed by atoms with Crippen LogP contribution in [0.5, 0.6) is 0 Å². The highest BCUT2D eigenvalue weighted by Crippen LogP contribution is 2.23. The molecule has 88 valence electrons. The molecule has 2 rings (SSSR count). The van der Waals surface area contributed by atoms with Gasteiger partial charge in [0.25, 0.3) is 0 Å². The lowest BCUT2D eigenvalue weighted by molar-refractivity contribution is 0.912. The Morgan fingerprint density at radius 3 is 2.65 bits per heavy atom. The molecular formula is C12H13BrN4. The molecule has 17 heavy (non-hydrogen) atoms. The molecule has 0 aliphatic heterocycles. The number of nitrogen functional groups attached to an aromatic ring is 1. The van der Waals surface area contributed by atoms with Gasteiger partial charge >= 0.3 is 0 Å². The number of aromatic nitrogens is 3. The summed E-state index contributed by atoms with van der Waals surface area (Å²) in [4.78, 5) is 12.6. The number of benzene rings is 1. The van der Waals surface area contributed by atoms with Crippen molar-refractivity contribution in [2.24, 2.45) is 0 Å². The molecule has 0 atom stereocenters. The molecule has 1 aromatic carbocycles. The Balaban J connectivity index is 2.55. The van der Waals surface area contributed by atoms with Crippen molar-refractivity contribution < 1.29 is 0 Å². The van der Waals surface area contributed by atoms with Crippen LogP contribution < -0.4 is 5.73 Å². The second-order valence-electron chi connectivity index (χ2n) is 3.75. The van der Waals surface area contributed by atoms with Gasteiger partial charge in [0.1, 0.15) is 5.82 Å². The minimum absolute atomic E-state index is 0.272. The van der Waals surface area contributed by atoms with Gasteiger partial charge in [0.2, 0.25) is 5.95 Å². The number of hydrogen-bond donors (Lipinski definition) is 1. The van der Waals surface area contributed by atoms with E-state index >= 15 is 0 Å². The predicted octanol–water partition coefficient (Wildman–Crippen LogP) is 2.75. The zero-order chi connectivity index (χ0) is 12.4. The Morgan fingerprint density at radius 2 is 2.00 bits per heavy atom. The first-order chi connectivity index (χ1) is 8.10.